The summed E-state index contributed by atoms with van der Waals surface area (Å²) in [4.78, 5) is 0. The molecule has 3 rings (SSSR count). The maximum atomic E-state index is 6.12. The molecule has 19 heavy (non-hydrogen) atoms. The maximum Gasteiger partial charge on any atom is 0.134 e. The number of furan rings is 1. The zero-order valence-corrected chi connectivity index (χ0v) is 11.9. The molecule has 0 spiro atoms. The number of para-hydroxylation sites is 1. The fourth-order valence-electron chi connectivity index (χ4n) is 3.16. The number of hydrogen-bond acceptors (Lipinski definition) is 2. The lowest BCUT2D eigenvalue weighted by Gasteiger charge is -2.35. The lowest BCUT2D eigenvalue weighted by molar-refractivity contribution is 0.262. The third-order valence-electron chi connectivity index (χ3n) is 4.27. The normalized spacial score (nSPS) is 22.6. The van der Waals surface area contributed by atoms with Crippen LogP contribution < -0.4 is 5.32 Å². The molecule has 102 valence electrons. The van der Waals surface area contributed by atoms with Crippen molar-refractivity contribution in [3.8, 4) is 0 Å². The van der Waals surface area contributed by atoms with Crippen LogP contribution >= 0.6 is 0 Å². The van der Waals surface area contributed by atoms with Gasteiger partial charge in [0.25, 0.3) is 0 Å². The minimum absolute atomic E-state index is 0.622. The summed E-state index contributed by atoms with van der Waals surface area (Å²) in [5, 5.41) is 4.91. The maximum absolute atomic E-state index is 6.12. The van der Waals surface area contributed by atoms with Gasteiger partial charge in [0.1, 0.15) is 11.3 Å². The molecule has 2 aromatic rings. The van der Waals surface area contributed by atoms with Crippen molar-refractivity contribution in [2.45, 2.75) is 51.5 Å². The van der Waals surface area contributed by atoms with E-state index in [1.807, 2.05) is 0 Å². The molecule has 2 nitrogen and oxygen atoms in total. The second-order valence-corrected chi connectivity index (χ2v) is 5.61. The first kappa shape index (κ1) is 12.7. The van der Waals surface area contributed by atoms with Crippen molar-refractivity contribution < 1.29 is 4.42 Å². The molecule has 0 aliphatic heterocycles. The zero-order valence-electron chi connectivity index (χ0n) is 11.9. The summed E-state index contributed by atoms with van der Waals surface area (Å²) in [6.07, 6.45) is 4.74. The minimum Gasteiger partial charge on any atom is -0.460 e. The van der Waals surface area contributed by atoms with Crippen molar-refractivity contribution in [3.63, 3.8) is 0 Å². The Morgan fingerprint density at radius 3 is 2.74 bits per heavy atom. The summed E-state index contributed by atoms with van der Waals surface area (Å²) in [6.45, 7) is 5.59. The quantitative estimate of drug-likeness (QED) is 0.866. The van der Waals surface area contributed by atoms with Crippen LogP contribution in [0.3, 0.4) is 0 Å². The summed E-state index contributed by atoms with van der Waals surface area (Å²) in [5.41, 5.74) is 2.48. The standard InChI is InChI=1S/C17H23NO/c1-3-9-18-13-10-12(11-13)17-14(4-2)15-7-5-6-8-16(15)19-17/h5-8,12-13,18H,3-4,9-11H2,1-2H3. The lowest BCUT2D eigenvalue weighted by Crippen LogP contribution is -2.40. The van der Waals surface area contributed by atoms with Crippen LogP contribution in [0.1, 0.15) is 50.4 Å². The molecule has 0 radical (unpaired) electrons. The van der Waals surface area contributed by atoms with Crippen LogP contribution in [0.5, 0.6) is 0 Å². The molecule has 1 aliphatic carbocycles. The van der Waals surface area contributed by atoms with Crippen LogP contribution in [0.2, 0.25) is 0 Å². The topological polar surface area (TPSA) is 25.2 Å². The number of fused-ring (bicyclic) bond motifs is 1. The van der Waals surface area contributed by atoms with Crippen molar-refractivity contribution in [1.82, 2.24) is 5.32 Å². The first-order valence-corrected chi connectivity index (χ1v) is 7.57. The van der Waals surface area contributed by atoms with Gasteiger partial charge in [-0.05, 0) is 38.3 Å². The Morgan fingerprint density at radius 2 is 2.00 bits per heavy atom. The van der Waals surface area contributed by atoms with Crippen molar-refractivity contribution in [3.05, 3.63) is 35.6 Å². The molecule has 1 heterocycles. The summed E-state index contributed by atoms with van der Waals surface area (Å²) in [6, 6.07) is 9.13. The Morgan fingerprint density at radius 1 is 1.21 bits per heavy atom. The molecule has 1 aromatic heterocycles. The van der Waals surface area contributed by atoms with Gasteiger partial charge in [0.15, 0.2) is 0 Å². The largest absolute Gasteiger partial charge is 0.460 e. The number of benzene rings is 1. The highest BCUT2D eigenvalue weighted by atomic mass is 16.3. The molecule has 1 N–H and O–H groups in total. The highest BCUT2D eigenvalue weighted by Crippen LogP contribution is 2.42. The molecule has 1 fully saturated rings. The molecule has 0 saturated heterocycles. The van der Waals surface area contributed by atoms with Crippen molar-refractivity contribution in [2.75, 3.05) is 6.54 Å². The van der Waals surface area contributed by atoms with E-state index in [0.717, 1.165) is 18.5 Å². The first-order chi connectivity index (χ1) is 9.33. The third kappa shape index (κ3) is 2.30. The van der Waals surface area contributed by atoms with E-state index in [2.05, 4.69) is 43.4 Å². The van der Waals surface area contributed by atoms with Gasteiger partial charge in [0.2, 0.25) is 0 Å². The Kier molecular flexibility index (Phi) is 3.61. The smallest absolute Gasteiger partial charge is 0.134 e. The molecule has 1 saturated carbocycles. The van der Waals surface area contributed by atoms with E-state index in [9.17, 15) is 0 Å². The number of hydrogen-bond donors (Lipinski definition) is 1. The van der Waals surface area contributed by atoms with E-state index >= 15 is 0 Å². The van der Waals surface area contributed by atoms with E-state index in [0.29, 0.717) is 12.0 Å². The summed E-state index contributed by atoms with van der Waals surface area (Å²) in [7, 11) is 0. The Balaban J connectivity index is 1.79. The van der Waals surface area contributed by atoms with Crippen LogP contribution in [0, 0.1) is 0 Å². The zero-order chi connectivity index (χ0) is 13.2. The number of nitrogens with one attached hydrogen (secondary N) is 1. The average molecular weight is 257 g/mol. The molecule has 1 aromatic carbocycles. The van der Waals surface area contributed by atoms with Gasteiger partial charge in [0.05, 0.1) is 0 Å². The second kappa shape index (κ2) is 5.38. The molecule has 2 heteroatoms. The predicted octanol–water partition coefficient (Wildman–Crippen LogP) is 4.24. The monoisotopic (exact) mass is 257 g/mol. The Labute approximate surface area is 115 Å². The minimum atomic E-state index is 0.622. The van der Waals surface area contributed by atoms with Crippen LogP contribution in [0.25, 0.3) is 11.0 Å². The average Bonchev–Trinajstić information content (AvgIpc) is 2.75. The Bertz CT molecular complexity index is 551. The first-order valence-electron chi connectivity index (χ1n) is 7.57. The van der Waals surface area contributed by atoms with Gasteiger partial charge in [-0.3, -0.25) is 0 Å². The van der Waals surface area contributed by atoms with Gasteiger partial charge in [-0.15, -0.1) is 0 Å². The van der Waals surface area contributed by atoms with E-state index in [-0.39, 0.29) is 0 Å². The van der Waals surface area contributed by atoms with Crippen LogP contribution in [-0.4, -0.2) is 12.6 Å². The van der Waals surface area contributed by atoms with Gasteiger partial charge in [-0.25, -0.2) is 0 Å². The van der Waals surface area contributed by atoms with Gasteiger partial charge >= 0.3 is 0 Å². The fourth-order valence-corrected chi connectivity index (χ4v) is 3.16. The van der Waals surface area contributed by atoms with Crippen LogP contribution in [0.4, 0.5) is 0 Å². The molecule has 1 aliphatic rings. The Hall–Kier alpha value is -1.28. The van der Waals surface area contributed by atoms with E-state index in [1.165, 1.54) is 36.0 Å². The third-order valence-corrected chi connectivity index (χ3v) is 4.27. The summed E-state index contributed by atoms with van der Waals surface area (Å²) in [5.74, 6) is 1.87. The van der Waals surface area contributed by atoms with Crippen LogP contribution in [-0.2, 0) is 6.42 Å². The van der Waals surface area contributed by atoms with E-state index in [4.69, 9.17) is 4.42 Å². The van der Waals surface area contributed by atoms with Gasteiger partial charge in [0, 0.05) is 22.9 Å². The summed E-state index contributed by atoms with van der Waals surface area (Å²) >= 11 is 0. The second-order valence-electron chi connectivity index (χ2n) is 5.61. The molecule has 0 amide bonds. The SMILES string of the molecule is CCCNC1CC(c2oc3ccccc3c2CC)C1. The highest BCUT2D eigenvalue weighted by Gasteiger charge is 2.34. The van der Waals surface area contributed by atoms with Crippen molar-refractivity contribution in [1.29, 1.82) is 0 Å². The van der Waals surface area contributed by atoms with E-state index < -0.39 is 0 Å². The molecule has 0 atom stereocenters. The molecular formula is C17H23NO. The predicted molar refractivity (Wildman–Crippen MR) is 79.6 cm³/mol. The highest BCUT2D eigenvalue weighted by molar-refractivity contribution is 5.82. The number of rotatable bonds is 5. The number of aryl methyl sites for hydroxylation is 1. The van der Waals surface area contributed by atoms with Gasteiger partial charge < -0.3 is 9.73 Å². The van der Waals surface area contributed by atoms with Crippen molar-refractivity contribution in [2.24, 2.45) is 0 Å². The lowest BCUT2D eigenvalue weighted by atomic mass is 9.77. The molecular weight excluding hydrogens is 234 g/mol. The fraction of sp³-hybridized carbons (Fsp3) is 0.529. The van der Waals surface area contributed by atoms with Gasteiger partial charge in [-0.2, -0.15) is 0 Å². The summed E-state index contributed by atoms with van der Waals surface area (Å²) < 4.78 is 6.12. The van der Waals surface area contributed by atoms with Crippen molar-refractivity contribution >= 4 is 11.0 Å². The molecule has 0 bridgehead atoms. The molecule has 0 unspecified atom stereocenters. The van der Waals surface area contributed by atoms with E-state index in [1.54, 1.807) is 0 Å². The van der Waals surface area contributed by atoms with Gasteiger partial charge in [-0.1, -0.05) is 32.0 Å². The van der Waals surface area contributed by atoms with Crippen LogP contribution in [0.15, 0.2) is 28.7 Å².